The molecule has 5 heterocycles. The van der Waals surface area contributed by atoms with Crippen LogP contribution in [0.5, 0.6) is 0 Å². The number of rotatable bonds is 5. The highest BCUT2D eigenvalue weighted by atomic mass is 32.2. The summed E-state index contributed by atoms with van der Waals surface area (Å²) in [5.74, 6) is 4.39. The maximum Gasteiger partial charge on any atom is 0.228 e. The summed E-state index contributed by atoms with van der Waals surface area (Å²) in [4.78, 5) is 23.3. The predicted octanol–water partition coefficient (Wildman–Crippen LogP) is 1.28. The number of piperazine rings is 1. The molecule has 9 nitrogen and oxygen atoms in total. The molecule has 5 rings (SSSR count). The SMILES string of the molecule is O=S1CCN(c2nc(N3CCNCC3)nc3c(SCc4ccco4)ncnc23)CC1. The van der Waals surface area contributed by atoms with Gasteiger partial charge >= 0.3 is 0 Å². The Morgan fingerprint density at radius 1 is 1.07 bits per heavy atom. The van der Waals surface area contributed by atoms with Gasteiger partial charge in [-0.2, -0.15) is 4.98 Å². The van der Waals surface area contributed by atoms with E-state index in [1.807, 2.05) is 12.1 Å². The van der Waals surface area contributed by atoms with Crippen LogP contribution in [0.15, 0.2) is 34.2 Å². The van der Waals surface area contributed by atoms with Gasteiger partial charge in [-0.15, -0.1) is 0 Å². The third kappa shape index (κ3) is 4.14. The van der Waals surface area contributed by atoms with Crippen LogP contribution in [0, 0.1) is 0 Å². The molecule has 3 aromatic rings. The second-order valence-corrected chi connectivity index (χ2v) is 9.82. The van der Waals surface area contributed by atoms with Crippen molar-refractivity contribution in [2.75, 3.05) is 60.6 Å². The van der Waals surface area contributed by atoms with Gasteiger partial charge in [0.1, 0.15) is 28.1 Å². The zero-order valence-electron chi connectivity index (χ0n) is 16.5. The number of nitrogens with zero attached hydrogens (tertiary/aromatic N) is 6. The van der Waals surface area contributed by atoms with E-state index in [0.717, 1.165) is 53.8 Å². The van der Waals surface area contributed by atoms with Gasteiger partial charge in [0, 0.05) is 61.6 Å². The Kier molecular flexibility index (Phi) is 5.82. The van der Waals surface area contributed by atoms with Crippen molar-refractivity contribution in [3.63, 3.8) is 0 Å². The van der Waals surface area contributed by atoms with E-state index in [1.54, 1.807) is 24.4 Å². The minimum atomic E-state index is -0.754. The summed E-state index contributed by atoms with van der Waals surface area (Å²) < 4.78 is 17.3. The summed E-state index contributed by atoms with van der Waals surface area (Å²) in [7, 11) is -0.754. The van der Waals surface area contributed by atoms with Gasteiger partial charge in [0.25, 0.3) is 0 Å². The molecule has 3 aromatic heterocycles. The molecule has 0 aliphatic carbocycles. The van der Waals surface area contributed by atoms with Crippen molar-refractivity contribution in [3.05, 3.63) is 30.5 Å². The zero-order chi connectivity index (χ0) is 20.3. The van der Waals surface area contributed by atoms with Crippen LogP contribution in [0.2, 0.25) is 0 Å². The van der Waals surface area contributed by atoms with Crippen molar-refractivity contribution in [2.24, 2.45) is 0 Å². The summed E-state index contributed by atoms with van der Waals surface area (Å²) in [5.41, 5.74) is 1.51. The Bertz CT molecular complexity index is 1030. The van der Waals surface area contributed by atoms with E-state index >= 15 is 0 Å². The maximum absolute atomic E-state index is 11.9. The van der Waals surface area contributed by atoms with Crippen LogP contribution >= 0.6 is 11.8 Å². The number of furan rings is 1. The van der Waals surface area contributed by atoms with Gasteiger partial charge in [0.2, 0.25) is 5.95 Å². The Labute approximate surface area is 181 Å². The fourth-order valence-corrected chi connectivity index (χ4v) is 5.51. The minimum Gasteiger partial charge on any atom is -0.468 e. The molecule has 0 spiro atoms. The van der Waals surface area contributed by atoms with Crippen molar-refractivity contribution in [1.29, 1.82) is 0 Å². The first-order chi connectivity index (χ1) is 14.8. The molecule has 0 amide bonds. The standard InChI is InChI=1S/C19H23N7O2S2/c27-30-10-7-25(8-11-30)17-15-16(23-19(24-17)26-5-3-20-4-6-26)18(22-13-21-15)29-12-14-2-1-9-28-14/h1-2,9,13,20H,3-8,10-12H2. The number of anilines is 2. The van der Waals surface area contributed by atoms with Crippen LogP contribution in [-0.2, 0) is 16.6 Å². The van der Waals surface area contributed by atoms with Crippen LogP contribution in [0.25, 0.3) is 11.0 Å². The lowest BCUT2D eigenvalue weighted by molar-refractivity contribution is 0.530. The van der Waals surface area contributed by atoms with E-state index in [2.05, 4.69) is 25.1 Å². The highest BCUT2D eigenvalue weighted by Crippen LogP contribution is 2.32. The molecule has 30 heavy (non-hydrogen) atoms. The predicted molar refractivity (Wildman–Crippen MR) is 119 cm³/mol. The monoisotopic (exact) mass is 445 g/mol. The first-order valence-corrected chi connectivity index (χ1v) is 12.5. The molecular weight excluding hydrogens is 422 g/mol. The first kappa shape index (κ1) is 19.7. The van der Waals surface area contributed by atoms with Crippen molar-refractivity contribution in [3.8, 4) is 0 Å². The van der Waals surface area contributed by atoms with Crippen LogP contribution < -0.4 is 15.1 Å². The molecule has 2 aliphatic heterocycles. The third-order valence-electron chi connectivity index (χ3n) is 5.23. The van der Waals surface area contributed by atoms with Crippen molar-refractivity contribution < 1.29 is 8.63 Å². The summed E-state index contributed by atoms with van der Waals surface area (Å²) in [5, 5.41) is 4.19. The smallest absolute Gasteiger partial charge is 0.228 e. The number of thioether (sulfide) groups is 1. The maximum atomic E-state index is 11.9. The highest BCUT2D eigenvalue weighted by Gasteiger charge is 2.24. The summed E-state index contributed by atoms with van der Waals surface area (Å²) in [6, 6.07) is 3.84. The van der Waals surface area contributed by atoms with Gasteiger partial charge in [-0.3, -0.25) is 4.21 Å². The van der Waals surface area contributed by atoms with E-state index in [0.29, 0.717) is 36.3 Å². The number of nitrogens with one attached hydrogen (secondary N) is 1. The molecule has 1 N–H and O–H groups in total. The van der Waals surface area contributed by atoms with Gasteiger partial charge < -0.3 is 19.5 Å². The summed E-state index contributed by atoms with van der Waals surface area (Å²) in [6.07, 6.45) is 3.25. The molecular formula is C19H23N7O2S2. The number of aromatic nitrogens is 4. The van der Waals surface area contributed by atoms with Gasteiger partial charge in [0.15, 0.2) is 5.82 Å². The minimum absolute atomic E-state index is 0.652. The highest BCUT2D eigenvalue weighted by molar-refractivity contribution is 7.98. The molecule has 11 heteroatoms. The van der Waals surface area contributed by atoms with E-state index in [-0.39, 0.29) is 0 Å². The van der Waals surface area contributed by atoms with Gasteiger partial charge in [-0.05, 0) is 12.1 Å². The first-order valence-electron chi connectivity index (χ1n) is 10.0. The molecule has 2 saturated heterocycles. The molecule has 2 aliphatic rings. The summed E-state index contributed by atoms with van der Waals surface area (Å²) in [6.45, 7) is 4.95. The van der Waals surface area contributed by atoms with E-state index in [4.69, 9.17) is 14.4 Å². The average molecular weight is 446 g/mol. The van der Waals surface area contributed by atoms with E-state index < -0.39 is 10.8 Å². The largest absolute Gasteiger partial charge is 0.468 e. The Balaban J connectivity index is 1.55. The Hall–Kier alpha value is -2.24. The Morgan fingerprint density at radius 2 is 1.90 bits per heavy atom. The zero-order valence-corrected chi connectivity index (χ0v) is 18.1. The lowest BCUT2D eigenvalue weighted by atomic mass is 10.3. The average Bonchev–Trinajstić information content (AvgIpc) is 3.32. The summed E-state index contributed by atoms with van der Waals surface area (Å²) >= 11 is 1.59. The molecule has 0 aromatic carbocycles. The Morgan fingerprint density at radius 3 is 2.67 bits per heavy atom. The third-order valence-corrected chi connectivity index (χ3v) is 7.50. The lowest BCUT2D eigenvalue weighted by Crippen LogP contribution is -2.44. The molecule has 0 bridgehead atoms. The fourth-order valence-electron chi connectivity index (χ4n) is 3.62. The van der Waals surface area contributed by atoms with Crippen LogP contribution in [0.1, 0.15) is 5.76 Å². The molecule has 0 atom stereocenters. The number of hydrogen-bond acceptors (Lipinski definition) is 10. The van der Waals surface area contributed by atoms with Crippen molar-refractivity contribution in [1.82, 2.24) is 25.3 Å². The second-order valence-electron chi connectivity index (χ2n) is 7.16. The molecule has 0 radical (unpaired) electrons. The molecule has 0 unspecified atom stereocenters. The topological polar surface area (TPSA) is 100 Å². The lowest BCUT2D eigenvalue weighted by Gasteiger charge is -2.31. The molecule has 2 fully saturated rings. The molecule has 158 valence electrons. The van der Waals surface area contributed by atoms with Gasteiger partial charge in [0.05, 0.1) is 12.0 Å². The molecule has 0 saturated carbocycles. The fraction of sp³-hybridized carbons (Fsp3) is 0.474. The van der Waals surface area contributed by atoms with Crippen LogP contribution in [0.3, 0.4) is 0 Å². The van der Waals surface area contributed by atoms with Crippen LogP contribution in [0.4, 0.5) is 11.8 Å². The van der Waals surface area contributed by atoms with E-state index in [1.165, 1.54) is 0 Å². The number of hydrogen-bond donors (Lipinski definition) is 1. The number of fused-ring (bicyclic) bond motifs is 1. The van der Waals surface area contributed by atoms with E-state index in [9.17, 15) is 4.21 Å². The van der Waals surface area contributed by atoms with Crippen molar-refractivity contribution >= 4 is 45.4 Å². The van der Waals surface area contributed by atoms with Crippen molar-refractivity contribution in [2.45, 2.75) is 10.8 Å². The van der Waals surface area contributed by atoms with Gasteiger partial charge in [-0.1, -0.05) is 11.8 Å². The normalized spacial score (nSPS) is 18.3. The van der Waals surface area contributed by atoms with Gasteiger partial charge in [-0.25, -0.2) is 15.0 Å². The quantitative estimate of drug-likeness (QED) is 0.457. The van der Waals surface area contributed by atoms with Crippen LogP contribution in [-0.4, -0.2) is 74.9 Å². The second kappa shape index (κ2) is 8.86.